The molecule has 0 saturated carbocycles. The first-order valence-corrected chi connectivity index (χ1v) is 9.69. The monoisotopic (exact) mass is 402 g/mol. The van der Waals surface area contributed by atoms with E-state index in [1.165, 1.54) is 5.56 Å². The van der Waals surface area contributed by atoms with E-state index < -0.39 is 0 Å². The average molecular weight is 402 g/mol. The maximum Gasteiger partial charge on any atom is 0.228 e. The molecule has 0 amide bonds. The van der Waals surface area contributed by atoms with E-state index in [1.807, 2.05) is 30.3 Å². The van der Waals surface area contributed by atoms with Gasteiger partial charge in [0.05, 0.1) is 44.0 Å². The highest BCUT2D eigenvalue weighted by molar-refractivity contribution is 5.91. The third-order valence-electron chi connectivity index (χ3n) is 5.54. The van der Waals surface area contributed by atoms with E-state index in [9.17, 15) is 0 Å². The van der Waals surface area contributed by atoms with E-state index in [0.29, 0.717) is 41.9 Å². The minimum absolute atomic E-state index is 0.118. The first kappa shape index (κ1) is 18.2. The second-order valence-electron chi connectivity index (χ2n) is 7.24. The Bertz CT molecular complexity index is 1210. The fourth-order valence-corrected chi connectivity index (χ4v) is 4.03. The van der Waals surface area contributed by atoms with E-state index in [0.717, 1.165) is 16.8 Å². The van der Waals surface area contributed by atoms with Crippen molar-refractivity contribution in [3.05, 3.63) is 65.7 Å². The summed E-state index contributed by atoms with van der Waals surface area (Å²) in [5.74, 6) is 2.30. The van der Waals surface area contributed by atoms with Gasteiger partial charge in [0.2, 0.25) is 5.95 Å². The quantitative estimate of drug-likeness (QED) is 0.541. The first-order valence-electron chi connectivity index (χ1n) is 9.69. The number of methoxy groups -OCH3 is 2. The van der Waals surface area contributed by atoms with Crippen LogP contribution in [-0.2, 0) is 6.54 Å². The van der Waals surface area contributed by atoms with Gasteiger partial charge in [-0.2, -0.15) is 4.98 Å². The van der Waals surface area contributed by atoms with Crippen molar-refractivity contribution in [2.24, 2.45) is 0 Å². The minimum Gasteiger partial charge on any atom is -0.493 e. The van der Waals surface area contributed by atoms with Crippen molar-refractivity contribution in [1.82, 2.24) is 19.9 Å². The fraction of sp³-hybridized carbons (Fsp3) is 0.227. The number of aromatic amines is 1. The molecular formula is C22H22N6O2. The number of ether oxygens (including phenoxy) is 2. The van der Waals surface area contributed by atoms with Gasteiger partial charge in [0.15, 0.2) is 11.5 Å². The number of rotatable bonds is 4. The Morgan fingerprint density at radius 3 is 2.60 bits per heavy atom. The molecule has 1 aliphatic heterocycles. The summed E-state index contributed by atoms with van der Waals surface area (Å²) in [5.41, 5.74) is 10.3. The third kappa shape index (κ3) is 2.97. The fourth-order valence-electron chi connectivity index (χ4n) is 4.03. The molecule has 0 fully saturated rings. The number of anilines is 2. The Labute approximate surface area is 173 Å². The van der Waals surface area contributed by atoms with Crippen molar-refractivity contribution >= 4 is 22.7 Å². The van der Waals surface area contributed by atoms with Crippen molar-refractivity contribution in [2.75, 3.05) is 31.4 Å². The maximum atomic E-state index is 6.30. The lowest BCUT2D eigenvalue weighted by Gasteiger charge is -2.32. The number of nitrogen functional groups attached to an aromatic ring is 1. The van der Waals surface area contributed by atoms with Crippen LogP contribution in [0.15, 0.2) is 48.8 Å². The molecule has 5 rings (SSSR count). The van der Waals surface area contributed by atoms with Crippen molar-refractivity contribution in [3.63, 3.8) is 0 Å². The molecule has 1 atom stereocenters. The van der Waals surface area contributed by atoms with Gasteiger partial charge in [-0.15, -0.1) is 0 Å². The number of fused-ring (bicyclic) bond motifs is 2. The molecule has 152 valence electrons. The Kier molecular flexibility index (Phi) is 4.39. The van der Waals surface area contributed by atoms with Gasteiger partial charge >= 0.3 is 0 Å². The molecule has 30 heavy (non-hydrogen) atoms. The normalized spacial score (nSPS) is 15.8. The number of nitrogens with one attached hydrogen (secondary N) is 1. The number of benzene rings is 2. The highest BCUT2D eigenvalue weighted by Gasteiger charge is 2.30. The summed E-state index contributed by atoms with van der Waals surface area (Å²) >= 11 is 0. The summed E-state index contributed by atoms with van der Waals surface area (Å²) in [4.78, 5) is 19.4. The van der Waals surface area contributed by atoms with Crippen molar-refractivity contribution in [3.8, 4) is 11.5 Å². The molecule has 0 bridgehead atoms. The summed E-state index contributed by atoms with van der Waals surface area (Å²) in [6.07, 6.45) is 1.75. The van der Waals surface area contributed by atoms with Gasteiger partial charge in [0.25, 0.3) is 0 Å². The molecule has 3 N–H and O–H groups in total. The van der Waals surface area contributed by atoms with Gasteiger partial charge in [0.1, 0.15) is 5.82 Å². The van der Waals surface area contributed by atoms with Crippen LogP contribution in [0.5, 0.6) is 11.5 Å². The summed E-state index contributed by atoms with van der Waals surface area (Å²) in [7, 11) is 3.19. The summed E-state index contributed by atoms with van der Waals surface area (Å²) in [5, 5.41) is 0.732. The Morgan fingerprint density at radius 2 is 1.83 bits per heavy atom. The molecule has 4 aromatic rings. The topological polar surface area (TPSA) is 102 Å². The molecule has 8 nitrogen and oxygen atoms in total. The van der Waals surface area contributed by atoms with E-state index in [2.05, 4.69) is 32.0 Å². The molecule has 2 aromatic heterocycles. The second-order valence-corrected chi connectivity index (χ2v) is 7.24. The van der Waals surface area contributed by atoms with Crippen LogP contribution in [0.1, 0.15) is 22.9 Å². The largest absolute Gasteiger partial charge is 0.493 e. The van der Waals surface area contributed by atoms with Crippen LogP contribution in [-0.4, -0.2) is 40.7 Å². The van der Waals surface area contributed by atoms with Gasteiger partial charge in [-0.1, -0.05) is 30.3 Å². The van der Waals surface area contributed by atoms with Crippen LogP contribution < -0.4 is 20.1 Å². The van der Waals surface area contributed by atoms with Crippen molar-refractivity contribution in [1.29, 1.82) is 0 Å². The van der Waals surface area contributed by atoms with Gasteiger partial charge in [-0.25, -0.2) is 9.97 Å². The number of hydrogen-bond acceptors (Lipinski definition) is 7. The molecule has 1 unspecified atom stereocenters. The number of nitrogens with two attached hydrogens (primary N) is 1. The standard InChI is InChI=1S/C22H22N6O2/c1-29-18-8-14-16(9-19(18)30-2)26-22(27-21(14)23)28-10-15(13-6-4-3-5-7-13)20-17(11-28)24-12-25-20/h3-9,12,15H,10-11H2,1-2H3,(H,24,25)(H2,23,26,27). The maximum absolute atomic E-state index is 6.30. The average Bonchev–Trinajstić information content (AvgIpc) is 3.27. The van der Waals surface area contributed by atoms with Gasteiger partial charge in [0, 0.05) is 23.9 Å². The lowest BCUT2D eigenvalue weighted by atomic mass is 9.91. The molecule has 1 aliphatic rings. The van der Waals surface area contributed by atoms with E-state index in [1.54, 1.807) is 20.5 Å². The summed E-state index contributed by atoms with van der Waals surface area (Å²) in [6.45, 7) is 1.34. The smallest absolute Gasteiger partial charge is 0.228 e. The van der Waals surface area contributed by atoms with Gasteiger partial charge in [-0.3, -0.25) is 0 Å². The zero-order chi connectivity index (χ0) is 20.7. The Balaban J connectivity index is 1.58. The SMILES string of the molecule is COc1cc2nc(N3Cc4[nH]cnc4C(c4ccccc4)C3)nc(N)c2cc1OC. The van der Waals surface area contributed by atoms with E-state index in [-0.39, 0.29) is 5.92 Å². The van der Waals surface area contributed by atoms with E-state index >= 15 is 0 Å². The van der Waals surface area contributed by atoms with Crippen LogP contribution in [0.2, 0.25) is 0 Å². The minimum atomic E-state index is 0.118. The zero-order valence-electron chi connectivity index (χ0n) is 16.8. The Morgan fingerprint density at radius 1 is 1.07 bits per heavy atom. The predicted molar refractivity (Wildman–Crippen MR) is 115 cm³/mol. The molecule has 0 saturated heterocycles. The van der Waals surface area contributed by atoms with Crippen LogP contribution in [0, 0.1) is 0 Å². The predicted octanol–water partition coefficient (Wildman–Crippen LogP) is 3.10. The van der Waals surface area contributed by atoms with Crippen LogP contribution in [0.4, 0.5) is 11.8 Å². The lowest BCUT2D eigenvalue weighted by Crippen LogP contribution is -2.35. The highest BCUT2D eigenvalue weighted by Crippen LogP contribution is 2.36. The molecular weight excluding hydrogens is 380 g/mol. The molecule has 8 heteroatoms. The van der Waals surface area contributed by atoms with Crippen LogP contribution in [0.3, 0.4) is 0 Å². The zero-order valence-corrected chi connectivity index (χ0v) is 16.8. The summed E-state index contributed by atoms with van der Waals surface area (Å²) in [6, 6.07) is 14.0. The number of imidazole rings is 1. The molecule has 0 aliphatic carbocycles. The lowest BCUT2D eigenvalue weighted by molar-refractivity contribution is 0.356. The van der Waals surface area contributed by atoms with Gasteiger partial charge in [-0.05, 0) is 11.6 Å². The third-order valence-corrected chi connectivity index (χ3v) is 5.54. The summed E-state index contributed by atoms with van der Waals surface area (Å²) < 4.78 is 10.8. The first-order chi connectivity index (χ1) is 14.7. The number of H-pyrrole nitrogens is 1. The highest BCUT2D eigenvalue weighted by atomic mass is 16.5. The molecule has 3 heterocycles. The van der Waals surface area contributed by atoms with Crippen LogP contribution in [0.25, 0.3) is 10.9 Å². The van der Waals surface area contributed by atoms with Crippen molar-refractivity contribution < 1.29 is 9.47 Å². The van der Waals surface area contributed by atoms with Gasteiger partial charge < -0.3 is 25.1 Å². The van der Waals surface area contributed by atoms with E-state index in [4.69, 9.17) is 20.2 Å². The molecule has 2 aromatic carbocycles. The number of nitrogens with zero attached hydrogens (tertiary/aromatic N) is 4. The molecule has 0 spiro atoms. The molecule has 0 radical (unpaired) electrons. The van der Waals surface area contributed by atoms with Crippen molar-refractivity contribution in [2.45, 2.75) is 12.5 Å². The number of hydrogen-bond donors (Lipinski definition) is 2. The second kappa shape index (κ2) is 7.22. The van der Waals surface area contributed by atoms with Crippen LogP contribution >= 0.6 is 0 Å². The Hall–Kier alpha value is -3.81. The number of aromatic nitrogens is 4.